The van der Waals surface area contributed by atoms with Crippen molar-refractivity contribution >= 4 is 5.91 Å². The van der Waals surface area contributed by atoms with Crippen molar-refractivity contribution in [1.82, 2.24) is 4.90 Å². The molecule has 10 atom stereocenters. The Balaban J connectivity index is 1.69. The highest BCUT2D eigenvalue weighted by Gasteiger charge is 2.56. The quantitative estimate of drug-likeness (QED) is 0.228. The zero-order chi connectivity index (χ0) is 23.8. The van der Waals surface area contributed by atoms with Gasteiger partial charge in [-0.25, -0.2) is 0 Å². The molecule has 11 nitrogen and oxygen atoms in total. The van der Waals surface area contributed by atoms with E-state index in [0.717, 1.165) is 6.42 Å². The maximum absolute atomic E-state index is 12.5. The number of carbonyl (C=O) groups is 1. The largest absolute Gasteiger partial charge is 0.394 e. The third-order valence-electron chi connectivity index (χ3n) is 6.65. The molecule has 0 spiro atoms. The summed E-state index contributed by atoms with van der Waals surface area (Å²) >= 11 is 0. The smallest absolute Gasteiger partial charge is 0.223 e. The SMILES string of the molecule is CC(C)C[C@@H]1CC(=O)N(CC2(C)OC(CO)C(OC3OC(CO)C(O)C(O)C3O)C2O)C1. The van der Waals surface area contributed by atoms with E-state index in [0.29, 0.717) is 18.9 Å². The molecule has 3 rings (SSSR count). The van der Waals surface area contributed by atoms with Gasteiger partial charge in [0.1, 0.15) is 48.3 Å². The van der Waals surface area contributed by atoms with E-state index in [2.05, 4.69) is 13.8 Å². The van der Waals surface area contributed by atoms with Crippen LogP contribution in [-0.2, 0) is 19.0 Å². The monoisotopic (exact) mass is 463 g/mol. The Morgan fingerprint density at radius 3 is 2.34 bits per heavy atom. The third-order valence-corrected chi connectivity index (χ3v) is 6.65. The van der Waals surface area contributed by atoms with Gasteiger partial charge in [-0.2, -0.15) is 0 Å². The van der Waals surface area contributed by atoms with Crippen molar-refractivity contribution in [1.29, 1.82) is 0 Å². The standard InChI is InChI=1S/C21H37NO10/c1-10(2)4-11-5-14(25)22(6-11)9-21(3)19(29)18(13(8-24)32-21)31-20-17(28)16(27)15(26)12(7-23)30-20/h10-13,15-20,23-24,26-29H,4-9H2,1-3H3/t11-,12?,13?,15?,16?,17?,18?,19?,20?,21?/m1/s1. The van der Waals surface area contributed by atoms with Gasteiger partial charge >= 0.3 is 0 Å². The Morgan fingerprint density at radius 1 is 1.09 bits per heavy atom. The number of carbonyl (C=O) groups excluding carboxylic acids is 1. The number of amides is 1. The topological polar surface area (TPSA) is 169 Å². The lowest BCUT2D eigenvalue weighted by Crippen LogP contribution is -2.61. The minimum absolute atomic E-state index is 0.0217. The number of likely N-dealkylation sites (tertiary alicyclic amines) is 1. The van der Waals surface area contributed by atoms with Crippen LogP contribution in [0.4, 0.5) is 0 Å². The third kappa shape index (κ3) is 5.11. The number of hydrogen-bond acceptors (Lipinski definition) is 10. The van der Waals surface area contributed by atoms with Crippen LogP contribution in [0, 0.1) is 11.8 Å². The normalized spacial score (nSPS) is 45.2. The van der Waals surface area contributed by atoms with E-state index in [9.17, 15) is 35.4 Å². The summed E-state index contributed by atoms with van der Waals surface area (Å²) in [5, 5.41) is 60.3. The van der Waals surface area contributed by atoms with Gasteiger partial charge in [0.15, 0.2) is 6.29 Å². The van der Waals surface area contributed by atoms with Crippen LogP contribution in [0.2, 0.25) is 0 Å². The molecule has 6 N–H and O–H groups in total. The van der Waals surface area contributed by atoms with Gasteiger partial charge in [-0.05, 0) is 25.2 Å². The van der Waals surface area contributed by atoms with Crippen molar-refractivity contribution in [2.24, 2.45) is 11.8 Å². The lowest BCUT2D eigenvalue weighted by Gasteiger charge is -2.41. The van der Waals surface area contributed by atoms with Crippen LogP contribution in [0.1, 0.15) is 33.6 Å². The van der Waals surface area contributed by atoms with E-state index >= 15 is 0 Å². The molecule has 186 valence electrons. The van der Waals surface area contributed by atoms with Gasteiger partial charge in [-0.15, -0.1) is 0 Å². The second kappa shape index (κ2) is 10.2. The number of hydrogen-bond donors (Lipinski definition) is 6. The molecule has 1 amide bonds. The zero-order valence-corrected chi connectivity index (χ0v) is 18.8. The average molecular weight is 464 g/mol. The Hall–Kier alpha value is -0.890. The summed E-state index contributed by atoms with van der Waals surface area (Å²) < 4.78 is 17.0. The molecule has 0 aliphatic carbocycles. The summed E-state index contributed by atoms with van der Waals surface area (Å²) in [4.78, 5) is 14.2. The molecule has 3 saturated heterocycles. The fourth-order valence-electron chi connectivity index (χ4n) is 5.01. The molecule has 3 aliphatic heterocycles. The summed E-state index contributed by atoms with van der Waals surface area (Å²) in [6.07, 6.45) is -9.52. The van der Waals surface area contributed by atoms with Gasteiger partial charge in [0.05, 0.1) is 19.8 Å². The van der Waals surface area contributed by atoms with Crippen molar-refractivity contribution in [3.8, 4) is 0 Å². The molecule has 0 saturated carbocycles. The number of aliphatic hydroxyl groups is 6. The maximum Gasteiger partial charge on any atom is 0.223 e. The lowest BCUT2D eigenvalue weighted by atomic mass is 9.94. The van der Waals surface area contributed by atoms with E-state index in [1.165, 1.54) is 0 Å². The zero-order valence-electron chi connectivity index (χ0n) is 18.8. The molecule has 3 aliphatic rings. The minimum atomic E-state index is -1.65. The van der Waals surface area contributed by atoms with E-state index in [1.807, 2.05) is 0 Å². The lowest BCUT2D eigenvalue weighted by molar-refractivity contribution is -0.318. The van der Waals surface area contributed by atoms with E-state index < -0.39 is 67.8 Å². The number of nitrogens with zero attached hydrogens (tertiary/aromatic N) is 1. The maximum atomic E-state index is 12.5. The van der Waals surface area contributed by atoms with Crippen LogP contribution in [0.5, 0.6) is 0 Å². The first-order valence-electron chi connectivity index (χ1n) is 11.2. The molecule has 0 aromatic carbocycles. The molecule has 0 aromatic heterocycles. The number of ether oxygens (including phenoxy) is 3. The molecular weight excluding hydrogens is 426 g/mol. The first kappa shape index (κ1) is 25.7. The van der Waals surface area contributed by atoms with E-state index in [-0.39, 0.29) is 18.4 Å². The van der Waals surface area contributed by atoms with Gasteiger partial charge < -0.3 is 49.7 Å². The predicted octanol–water partition coefficient (Wildman–Crippen LogP) is -2.42. The summed E-state index contributed by atoms with van der Waals surface area (Å²) in [6.45, 7) is 5.37. The Kier molecular flexibility index (Phi) is 8.17. The summed E-state index contributed by atoms with van der Waals surface area (Å²) in [5.74, 6) is 0.678. The number of aliphatic hydroxyl groups excluding tert-OH is 6. The second-order valence-corrected chi connectivity index (χ2v) is 9.87. The molecule has 3 heterocycles. The summed E-state index contributed by atoms with van der Waals surface area (Å²) in [5.41, 5.74) is -1.24. The molecule has 3 fully saturated rings. The average Bonchev–Trinajstić information content (AvgIpc) is 3.18. The van der Waals surface area contributed by atoms with Crippen molar-refractivity contribution in [3.63, 3.8) is 0 Å². The highest BCUT2D eigenvalue weighted by atomic mass is 16.7. The first-order chi connectivity index (χ1) is 15.0. The highest BCUT2D eigenvalue weighted by molar-refractivity contribution is 5.78. The van der Waals surface area contributed by atoms with Crippen molar-refractivity contribution in [3.05, 3.63) is 0 Å². The van der Waals surface area contributed by atoms with Crippen molar-refractivity contribution in [2.75, 3.05) is 26.3 Å². The van der Waals surface area contributed by atoms with Crippen LogP contribution in [-0.4, -0.2) is 122 Å². The van der Waals surface area contributed by atoms with E-state index in [1.54, 1.807) is 11.8 Å². The fraction of sp³-hybridized carbons (Fsp3) is 0.952. The first-order valence-corrected chi connectivity index (χ1v) is 11.2. The van der Waals surface area contributed by atoms with Crippen LogP contribution >= 0.6 is 0 Å². The Morgan fingerprint density at radius 2 is 1.75 bits per heavy atom. The molecule has 0 aromatic rings. The van der Waals surface area contributed by atoms with Gasteiger partial charge in [0.25, 0.3) is 0 Å². The molecule has 0 bridgehead atoms. The molecule has 0 radical (unpaired) electrons. The minimum Gasteiger partial charge on any atom is -0.394 e. The Bertz CT molecular complexity index is 648. The molecule has 11 heteroatoms. The summed E-state index contributed by atoms with van der Waals surface area (Å²) in [7, 11) is 0. The van der Waals surface area contributed by atoms with Crippen molar-refractivity contribution < 1.29 is 49.6 Å². The van der Waals surface area contributed by atoms with Gasteiger partial charge in [0.2, 0.25) is 5.91 Å². The number of rotatable bonds is 8. The van der Waals surface area contributed by atoms with Crippen LogP contribution in [0.15, 0.2) is 0 Å². The van der Waals surface area contributed by atoms with Crippen molar-refractivity contribution in [2.45, 2.75) is 88.2 Å². The van der Waals surface area contributed by atoms with Crippen LogP contribution < -0.4 is 0 Å². The van der Waals surface area contributed by atoms with Gasteiger partial charge in [-0.3, -0.25) is 4.79 Å². The fourth-order valence-corrected chi connectivity index (χ4v) is 5.01. The molecule has 32 heavy (non-hydrogen) atoms. The molecule has 9 unspecified atom stereocenters. The predicted molar refractivity (Wildman–Crippen MR) is 109 cm³/mol. The Labute approximate surface area is 187 Å². The van der Waals surface area contributed by atoms with Crippen LogP contribution in [0.3, 0.4) is 0 Å². The van der Waals surface area contributed by atoms with E-state index in [4.69, 9.17) is 14.2 Å². The van der Waals surface area contributed by atoms with Crippen LogP contribution in [0.25, 0.3) is 0 Å². The molecular formula is C21H37NO10. The van der Waals surface area contributed by atoms with Gasteiger partial charge in [0, 0.05) is 13.0 Å². The van der Waals surface area contributed by atoms with Gasteiger partial charge in [-0.1, -0.05) is 13.8 Å². The second-order valence-electron chi connectivity index (χ2n) is 9.87. The highest BCUT2D eigenvalue weighted by Crippen LogP contribution is 2.37. The summed E-state index contributed by atoms with van der Waals surface area (Å²) in [6, 6.07) is 0.